The number of hydrogen-bond donors (Lipinski definition) is 1. The summed E-state index contributed by atoms with van der Waals surface area (Å²) < 4.78 is 0. The molecule has 2 aromatic rings. The first kappa shape index (κ1) is 7.98. The van der Waals surface area contributed by atoms with E-state index in [2.05, 4.69) is 9.97 Å². The lowest BCUT2D eigenvalue weighted by Crippen LogP contribution is -1.89. The molecule has 0 aromatic carbocycles. The van der Waals surface area contributed by atoms with Gasteiger partial charge in [0.05, 0.1) is 11.7 Å². The fourth-order valence-corrected chi connectivity index (χ4v) is 1.42. The van der Waals surface area contributed by atoms with Gasteiger partial charge in [0.25, 0.3) is 0 Å². The van der Waals surface area contributed by atoms with Crippen LogP contribution >= 0.6 is 0 Å². The molecule has 0 atom stereocenters. The number of H-pyrrole nitrogens is 1. The molecule has 0 bridgehead atoms. The molecule has 3 heteroatoms. The van der Waals surface area contributed by atoms with Gasteiger partial charge >= 0.3 is 0 Å². The van der Waals surface area contributed by atoms with Crippen LogP contribution in [0.3, 0.4) is 0 Å². The van der Waals surface area contributed by atoms with Crippen LogP contribution in [0, 0.1) is 6.92 Å². The number of hydrogen-bond acceptors (Lipinski definition) is 2. The molecule has 0 aliphatic carbocycles. The number of aromatic amines is 1. The number of aromatic nitrogens is 2. The number of fused-ring (bicyclic) bond motifs is 1. The van der Waals surface area contributed by atoms with E-state index >= 15 is 0 Å². The molecule has 0 aliphatic rings. The van der Waals surface area contributed by atoms with Crippen molar-refractivity contribution in [3.05, 3.63) is 29.7 Å². The second kappa shape index (κ2) is 2.69. The molecule has 0 amide bonds. The Labute approximate surface area is 75.8 Å². The van der Waals surface area contributed by atoms with Gasteiger partial charge < -0.3 is 4.98 Å². The molecule has 0 fully saturated rings. The average molecular weight is 174 g/mol. The van der Waals surface area contributed by atoms with Crippen molar-refractivity contribution in [1.29, 1.82) is 0 Å². The molecule has 0 spiro atoms. The molecule has 0 saturated heterocycles. The largest absolute Gasteiger partial charge is 0.359 e. The Morgan fingerprint density at radius 1 is 1.54 bits per heavy atom. The summed E-state index contributed by atoms with van der Waals surface area (Å²) in [6.45, 7) is 3.48. The van der Waals surface area contributed by atoms with E-state index in [1.807, 2.05) is 13.0 Å². The lowest BCUT2D eigenvalue weighted by Gasteiger charge is -1.94. The van der Waals surface area contributed by atoms with E-state index in [1.54, 1.807) is 19.3 Å². The molecular weight excluding hydrogens is 164 g/mol. The molecule has 2 heterocycles. The van der Waals surface area contributed by atoms with Crippen molar-refractivity contribution in [1.82, 2.24) is 9.97 Å². The summed E-state index contributed by atoms with van der Waals surface area (Å²) in [7, 11) is 0. The van der Waals surface area contributed by atoms with Crippen LogP contribution in [0.2, 0.25) is 0 Å². The Hall–Kier alpha value is -1.64. The van der Waals surface area contributed by atoms with E-state index in [0.717, 1.165) is 22.2 Å². The van der Waals surface area contributed by atoms with Crippen LogP contribution in [-0.4, -0.2) is 15.8 Å². The van der Waals surface area contributed by atoms with Crippen LogP contribution in [0.25, 0.3) is 10.9 Å². The first-order valence-corrected chi connectivity index (χ1v) is 4.13. The molecule has 2 rings (SSSR count). The fourth-order valence-electron chi connectivity index (χ4n) is 1.42. The molecule has 0 radical (unpaired) electrons. The molecule has 3 nitrogen and oxygen atoms in total. The van der Waals surface area contributed by atoms with Crippen LogP contribution < -0.4 is 0 Å². The molecule has 0 saturated carbocycles. The lowest BCUT2D eigenvalue weighted by atomic mass is 10.1. The number of ketones is 1. The van der Waals surface area contributed by atoms with Gasteiger partial charge in [-0.15, -0.1) is 0 Å². The first-order valence-electron chi connectivity index (χ1n) is 4.13. The number of Topliss-reactive ketones (excluding diaryl/α,β-unsaturated/α-hetero) is 1. The molecule has 2 aromatic heterocycles. The van der Waals surface area contributed by atoms with Crippen LogP contribution in [-0.2, 0) is 0 Å². The van der Waals surface area contributed by atoms with Gasteiger partial charge in [0, 0.05) is 22.8 Å². The average Bonchev–Trinajstić information content (AvgIpc) is 2.46. The van der Waals surface area contributed by atoms with Gasteiger partial charge in [0.15, 0.2) is 5.78 Å². The second-order valence-electron chi connectivity index (χ2n) is 3.13. The Bertz CT molecular complexity index is 471. The van der Waals surface area contributed by atoms with E-state index in [1.165, 1.54) is 0 Å². The zero-order chi connectivity index (χ0) is 9.42. The third-order valence-electron chi connectivity index (χ3n) is 2.08. The number of carbonyl (C=O) groups is 1. The molecule has 0 unspecified atom stereocenters. The minimum absolute atomic E-state index is 0.0804. The molecular formula is C10H10N2O. The maximum absolute atomic E-state index is 11.2. The minimum Gasteiger partial charge on any atom is -0.359 e. The Morgan fingerprint density at radius 3 is 3.00 bits per heavy atom. The van der Waals surface area contributed by atoms with Gasteiger partial charge in [-0.05, 0) is 19.9 Å². The highest BCUT2D eigenvalue weighted by Crippen LogP contribution is 2.18. The fraction of sp³-hybridized carbons (Fsp3) is 0.200. The van der Waals surface area contributed by atoms with Crippen LogP contribution in [0.15, 0.2) is 18.5 Å². The summed E-state index contributed by atoms with van der Waals surface area (Å²) in [5, 5.41) is 0.958. The number of aryl methyl sites for hydroxylation is 1. The first-order chi connectivity index (χ1) is 6.18. The summed E-state index contributed by atoms with van der Waals surface area (Å²) in [6, 6.07) is 1.92. The highest BCUT2D eigenvalue weighted by molar-refractivity contribution is 6.06. The Kier molecular flexibility index (Phi) is 1.65. The van der Waals surface area contributed by atoms with E-state index in [-0.39, 0.29) is 5.78 Å². The Balaban J connectivity index is 2.79. The van der Waals surface area contributed by atoms with Crippen molar-refractivity contribution < 1.29 is 4.79 Å². The summed E-state index contributed by atoms with van der Waals surface area (Å²) in [4.78, 5) is 18.3. The normalized spacial score (nSPS) is 10.6. The number of carbonyl (C=O) groups excluding carboxylic acids is 1. The molecule has 13 heavy (non-hydrogen) atoms. The summed E-state index contributed by atoms with van der Waals surface area (Å²) in [5.41, 5.74) is 2.57. The third-order valence-corrected chi connectivity index (χ3v) is 2.08. The highest BCUT2D eigenvalue weighted by Gasteiger charge is 2.07. The van der Waals surface area contributed by atoms with E-state index in [9.17, 15) is 4.79 Å². The standard InChI is InChI=1S/C10H10N2O/c1-6-3-8-9(7(2)13)4-12-10(8)5-11-6/h3-5,12H,1-2H3. The topological polar surface area (TPSA) is 45.8 Å². The van der Waals surface area contributed by atoms with Crippen molar-refractivity contribution in [2.24, 2.45) is 0 Å². The molecule has 66 valence electrons. The zero-order valence-electron chi connectivity index (χ0n) is 7.59. The number of nitrogens with zero attached hydrogens (tertiary/aromatic N) is 1. The van der Waals surface area contributed by atoms with E-state index in [4.69, 9.17) is 0 Å². The van der Waals surface area contributed by atoms with Crippen molar-refractivity contribution >= 4 is 16.7 Å². The van der Waals surface area contributed by atoms with E-state index < -0.39 is 0 Å². The van der Waals surface area contributed by atoms with Gasteiger partial charge in [-0.3, -0.25) is 9.78 Å². The van der Waals surface area contributed by atoms with Gasteiger partial charge in [-0.2, -0.15) is 0 Å². The van der Waals surface area contributed by atoms with E-state index in [0.29, 0.717) is 0 Å². The minimum atomic E-state index is 0.0804. The van der Waals surface area contributed by atoms with Gasteiger partial charge in [-0.25, -0.2) is 0 Å². The predicted molar refractivity (Wildman–Crippen MR) is 50.8 cm³/mol. The monoisotopic (exact) mass is 174 g/mol. The van der Waals surface area contributed by atoms with Crippen LogP contribution in [0.4, 0.5) is 0 Å². The van der Waals surface area contributed by atoms with Crippen molar-refractivity contribution in [2.45, 2.75) is 13.8 Å². The smallest absolute Gasteiger partial charge is 0.161 e. The summed E-state index contributed by atoms with van der Waals surface area (Å²) in [5.74, 6) is 0.0804. The second-order valence-corrected chi connectivity index (χ2v) is 3.13. The maximum Gasteiger partial charge on any atom is 0.161 e. The quantitative estimate of drug-likeness (QED) is 0.673. The number of nitrogens with one attached hydrogen (secondary N) is 1. The summed E-state index contributed by atoms with van der Waals surface area (Å²) >= 11 is 0. The van der Waals surface area contributed by atoms with Crippen molar-refractivity contribution in [3.8, 4) is 0 Å². The van der Waals surface area contributed by atoms with Gasteiger partial charge in [0.2, 0.25) is 0 Å². The number of rotatable bonds is 1. The Morgan fingerprint density at radius 2 is 2.31 bits per heavy atom. The predicted octanol–water partition coefficient (Wildman–Crippen LogP) is 2.07. The van der Waals surface area contributed by atoms with Gasteiger partial charge in [-0.1, -0.05) is 0 Å². The zero-order valence-corrected chi connectivity index (χ0v) is 7.59. The van der Waals surface area contributed by atoms with Crippen molar-refractivity contribution in [3.63, 3.8) is 0 Å². The van der Waals surface area contributed by atoms with Crippen LogP contribution in [0.5, 0.6) is 0 Å². The lowest BCUT2D eigenvalue weighted by molar-refractivity contribution is 0.101. The molecule has 0 aliphatic heterocycles. The third kappa shape index (κ3) is 1.22. The maximum atomic E-state index is 11.2. The molecule has 1 N–H and O–H groups in total. The highest BCUT2D eigenvalue weighted by atomic mass is 16.1. The number of pyridine rings is 1. The van der Waals surface area contributed by atoms with Crippen molar-refractivity contribution in [2.75, 3.05) is 0 Å². The SMILES string of the molecule is CC(=O)c1c[nH]c2cnc(C)cc12. The van der Waals surface area contributed by atoms with Gasteiger partial charge in [0.1, 0.15) is 0 Å². The van der Waals surface area contributed by atoms with Crippen LogP contribution in [0.1, 0.15) is 23.0 Å². The summed E-state index contributed by atoms with van der Waals surface area (Å²) in [6.07, 6.45) is 3.48.